The Labute approximate surface area is 169 Å². The van der Waals surface area contributed by atoms with E-state index < -0.39 is 20.4 Å². The molecule has 0 aliphatic heterocycles. The van der Waals surface area contributed by atoms with E-state index in [1.165, 1.54) is 6.07 Å². The van der Waals surface area contributed by atoms with Gasteiger partial charge in [0.2, 0.25) is 0 Å². The highest BCUT2D eigenvalue weighted by molar-refractivity contribution is 7.86. The van der Waals surface area contributed by atoms with Crippen LogP contribution in [0.15, 0.2) is 56.9 Å². The van der Waals surface area contributed by atoms with Gasteiger partial charge in [-0.3, -0.25) is 14.1 Å². The summed E-state index contributed by atoms with van der Waals surface area (Å²) in [4.78, 5) is 31.9. The standard InChI is InChI=1S/C22H16N2O5S/c1-10-7-11(2)17-15(8-10)24-19-13(21(17)26)9-16-18(22(19)30(27,28)29)20(25)12-5-3-4-6-14(12)23-16/h3-9H,1-2H3,(H,23,25)(H,24,26)(H,27,28,29). The fourth-order valence-corrected chi connectivity index (χ4v) is 5.13. The zero-order valence-corrected chi connectivity index (χ0v) is 16.8. The van der Waals surface area contributed by atoms with Gasteiger partial charge in [0.15, 0.2) is 10.9 Å². The van der Waals surface area contributed by atoms with Gasteiger partial charge in [-0.2, -0.15) is 8.42 Å². The summed E-state index contributed by atoms with van der Waals surface area (Å²) in [6.45, 7) is 3.66. The van der Waals surface area contributed by atoms with Gasteiger partial charge in [0.25, 0.3) is 10.1 Å². The Morgan fingerprint density at radius 3 is 2.20 bits per heavy atom. The van der Waals surface area contributed by atoms with E-state index in [0.29, 0.717) is 16.4 Å². The number of aromatic amines is 2. The fraction of sp³-hybridized carbons (Fsp3) is 0.0909. The van der Waals surface area contributed by atoms with E-state index in [0.717, 1.165) is 11.1 Å². The first-order valence-corrected chi connectivity index (χ1v) is 10.6. The normalized spacial score (nSPS) is 12.4. The van der Waals surface area contributed by atoms with Gasteiger partial charge in [0.1, 0.15) is 4.90 Å². The maximum atomic E-state index is 13.3. The number of aromatic nitrogens is 2. The lowest BCUT2D eigenvalue weighted by molar-refractivity contribution is 0.485. The van der Waals surface area contributed by atoms with Crippen molar-refractivity contribution >= 4 is 53.7 Å². The van der Waals surface area contributed by atoms with Crippen molar-refractivity contribution in [2.75, 3.05) is 0 Å². The molecule has 7 nitrogen and oxygen atoms in total. The summed E-state index contributed by atoms with van der Waals surface area (Å²) < 4.78 is 34.9. The fourth-order valence-electron chi connectivity index (χ4n) is 4.25. The first-order chi connectivity index (χ1) is 14.2. The number of aryl methyl sites for hydroxylation is 2. The molecule has 0 amide bonds. The number of nitrogens with one attached hydrogen (secondary N) is 2. The minimum absolute atomic E-state index is 0.0699. The van der Waals surface area contributed by atoms with Crippen molar-refractivity contribution in [3.8, 4) is 0 Å². The maximum absolute atomic E-state index is 13.3. The smallest absolute Gasteiger partial charge is 0.297 e. The van der Waals surface area contributed by atoms with Crippen LogP contribution < -0.4 is 10.9 Å². The summed E-state index contributed by atoms with van der Waals surface area (Å²) in [5.74, 6) is 0. The second-order valence-corrected chi connectivity index (χ2v) is 8.84. The van der Waals surface area contributed by atoms with Crippen LogP contribution in [-0.2, 0) is 10.1 Å². The van der Waals surface area contributed by atoms with Gasteiger partial charge in [-0.25, -0.2) is 0 Å². The van der Waals surface area contributed by atoms with Crippen molar-refractivity contribution in [3.63, 3.8) is 0 Å². The van der Waals surface area contributed by atoms with Gasteiger partial charge in [-0.05, 0) is 49.2 Å². The molecule has 2 aromatic heterocycles. The molecule has 0 atom stereocenters. The molecule has 0 unspecified atom stereocenters. The van der Waals surface area contributed by atoms with Gasteiger partial charge in [0.05, 0.1) is 21.9 Å². The lowest BCUT2D eigenvalue weighted by atomic mass is 10.0. The van der Waals surface area contributed by atoms with E-state index in [-0.39, 0.29) is 32.6 Å². The van der Waals surface area contributed by atoms with Gasteiger partial charge in [0, 0.05) is 21.7 Å². The predicted molar refractivity (Wildman–Crippen MR) is 117 cm³/mol. The van der Waals surface area contributed by atoms with Crippen molar-refractivity contribution in [3.05, 3.63) is 74.0 Å². The van der Waals surface area contributed by atoms with E-state index >= 15 is 0 Å². The molecule has 0 radical (unpaired) electrons. The summed E-state index contributed by atoms with van der Waals surface area (Å²) in [6.07, 6.45) is 0. The molecule has 3 N–H and O–H groups in total. The summed E-state index contributed by atoms with van der Waals surface area (Å²) in [5, 5.41) is 0.588. The number of pyridine rings is 2. The molecule has 0 spiro atoms. The number of benzene rings is 3. The van der Waals surface area contributed by atoms with Crippen molar-refractivity contribution < 1.29 is 13.0 Å². The topological polar surface area (TPSA) is 120 Å². The molecule has 0 aliphatic rings. The van der Waals surface area contributed by atoms with Crippen LogP contribution in [0.2, 0.25) is 0 Å². The van der Waals surface area contributed by atoms with Gasteiger partial charge in [-0.15, -0.1) is 0 Å². The van der Waals surface area contributed by atoms with Gasteiger partial charge < -0.3 is 9.97 Å². The summed E-state index contributed by atoms with van der Waals surface area (Å²) in [6, 6.07) is 11.7. The first-order valence-electron chi connectivity index (χ1n) is 9.19. The SMILES string of the molecule is Cc1cc(C)c2c(=O)c3cc4[nH]c5ccccc5c(=O)c4c(S(=O)(=O)O)c3[nH]c2c1. The average Bonchev–Trinajstić information content (AvgIpc) is 2.66. The molecular formula is C22H16N2O5S. The van der Waals surface area contributed by atoms with Crippen LogP contribution in [0.5, 0.6) is 0 Å². The Morgan fingerprint density at radius 1 is 0.800 bits per heavy atom. The molecular weight excluding hydrogens is 404 g/mol. The number of para-hydroxylation sites is 1. The van der Waals surface area contributed by atoms with Crippen LogP contribution >= 0.6 is 0 Å². The summed E-state index contributed by atoms with van der Waals surface area (Å²) in [7, 11) is -4.84. The largest absolute Gasteiger partial charge is 0.354 e. The van der Waals surface area contributed by atoms with Crippen molar-refractivity contribution in [1.82, 2.24) is 9.97 Å². The van der Waals surface area contributed by atoms with E-state index in [1.54, 1.807) is 37.3 Å². The third kappa shape index (κ3) is 2.51. The van der Waals surface area contributed by atoms with Crippen molar-refractivity contribution in [2.24, 2.45) is 0 Å². The number of hydrogen-bond acceptors (Lipinski definition) is 4. The van der Waals surface area contributed by atoms with Crippen molar-refractivity contribution in [1.29, 1.82) is 0 Å². The molecule has 3 aromatic carbocycles. The monoisotopic (exact) mass is 420 g/mol. The Balaban J connectivity index is 2.18. The maximum Gasteiger partial charge on any atom is 0.297 e. The van der Waals surface area contributed by atoms with Crippen molar-refractivity contribution in [2.45, 2.75) is 18.7 Å². The molecule has 150 valence electrons. The molecule has 0 saturated carbocycles. The highest BCUT2D eigenvalue weighted by atomic mass is 32.2. The van der Waals surface area contributed by atoms with Gasteiger partial charge in [-0.1, -0.05) is 18.2 Å². The van der Waals surface area contributed by atoms with E-state index in [1.807, 2.05) is 13.0 Å². The van der Waals surface area contributed by atoms with Crippen LogP contribution in [-0.4, -0.2) is 22.9 Å². The number of fused-ring (bicyclic) bond motifs is 4. The minimum Gasteiger partial charge on any atom is -0.354 e. The van der Waals surface area contributed by atoms with Crippen LogP contribution in [0.25, 0.3) is 43.6 Å². The molecule has 2 heterocycles. The average molecular weight is 420 g/mol. The lowest BCUT2D eigenvalue weighted by Crippen LogP contribution is -2.14. The van der Waals surface area contributed by atoms with E-state index in [9.17, 15) is 22.6 Å². The number of rotatable bonds is 1. The van der Waals surface area contributed by atoms with E-state index in [2.05, 4.69) is 9.97 Å². The second-order valence-electron chi connectivity index (χ2n) is 7.48. The van der Waals surface area contributed by atoms with Crippen LogP contribution in [0.3, 0.4) is 0 Å². The number of H-pyrrole nitrogens is 2. The summed E-state index contributed by atoms with van der Waals surface area (Å²) in [5.41, 5.74) is 1.71. The molecule has 30 heavy (non-hydrogen) atoms. The molecule has 0 saturated heterocycles. The van der Waals surface area contributed by atoms with Crippen LogP contribution in [0.4, 0.5) is 0 Å². The third-order valence-electron chi connectivity index (χ3n) is 5.42. The zero-order valence-electron chi connectivity index (χ0n) is 16.0. The Morgan fingerprint density at radius 2 is 1.47 bits per heavy atom. The molecule has 0 fully saturated rings. The van der Waals surface area contributed by atoms with E-state index in [4.69, 9.17) is 0 Å². The Hall–Kier alpha value is -3.49. The minimum atomic E-state index is -4.84. The molecule has 0 aliphatic carbocycles. The van der Waals surface area contributed by atoms with Crippen LogP contribution in [0.1, 0.15) is 11.1 Å². The zero-order chi connectivity index (χ0) is 21.4. The molecule has 8 heteroatoms. The lowest BCUT2D eigenvalue weighted by Gasteiger charge is -2.12. The summed E-state index contributed by atoms with van der Waals surface area (Å²) >= 11 is 0. The Bertz CT molecular complexity index is 1780. The highest BCUT2D eigenvalue weighted by Gasteiger charge is 2.25. The quantitative estimate of drug-likeness (QED) is 0.283. The molecule has 5 rings (SSSR count). The Kier molecular flexibility index (Phi) is 3.71. The van der Waals surface area contributed by atoms with Gasteiger partial charge >= 0.3 is 0 Å². The third-order valence-corrected chi connectivity index (χ3v) is 6.34. The van der Waals surface area contributed by atoms with Crippen LogP contribution in [0, 0.1) is 13.8 Å². The molecule has 5 aromatic rings. The number of hydrogen-bond donors (Lipinski definition) is 3. The predicted octanol–water partition coefficient (Wildman–Crippen LogP) is 3.54. The highest BCUT2D eigenvalue weighted by Crippen LogP contribution is 2.30. The molecule has 0 bridgehead atoms. The second kappa shape index (κ2) is 6.01. The first kappa shape index (κ1) is 18.5.